The van der Waals surface area contributed by atoms with Gasteiger partial charge in [-0.1, -0.05) is 12.1 Å². The van der Waals surface area contributed by atoms with Gasteiger partial charge in [-0.2, -0.15) is 0 Å². The van der Waals surface area contributed by atoms with Crippen LogP contribution in [0.3, 0.4) is 0 Å². The van der Waals surface area contributed by atoms with Gasteiger partial charge in [0.2, 0.25) is 20.0 Å². The van der Waals surface area contributed by atoms with Crippen molar-refractivity contribution in [2.45, 2.75) is 22.8 Å². The van der Waals surface area contributed by atoms with Crippen LogP contribution in [0.25, 0.3) is 0 Å². The molecule has 0 saturated carbocycles. The number of hydrogen-bond donors (Lipinski definition) is 4. The summed E-state index contributed by atoms with van der Waals surface area (Å²) in [5.41, 5.74) is 1.06. The molecule has 0 radical (unpaired) electrons. The molecular weight excluding hydrogens is 380 g/mol. The first-order valence-corrected chi connectivity index (χ1v) is 10.4. The third kappa shape index (κ3) is 5.26. The van der Waals surface area contributed by atoms with Gasteiger partial charge >= 0.3 is 6.03 Å². The van der Waals surface area contributed by atoms with Crippen LogP contribution in [-0.4, -0.2) is 22.9 Å². The van der Waals surface area contributed by atoms with E-state index in [0.717, 1.165) is 0 Å². The van der Waals surface area contributed by atoms with E-state index in [9.17, 15) is 21.6 Å². The zero-order chi connectivity index (χ0) is 19.5. The topological polar surface area (TPSA) is 161 Å². The molecule has 26 heavy (non-hydrogen) atoms. The molecule has 2 aromatic rings. The van der Waals surface area contributed by atoms with Crippen molar-refractivity contribution >= 4 is 31.8 Å². The molecule has 0 aliphatic carbocycles. The third-order valence-electron chi connectivity index (χ3n) is 3.50. The van der Waals surface area contributed by atoms with Gasteiger partial charge in [0, 0.05) is 5.69 Å². The number of nitrogens with one attached hydrogen (secondary N) is 2. The van der Waals surface area contributed by atoms with E-state index in [1.54, 1.807) is 19.1 Å². The molecule has 0 bridgehead atoms. The van der Waals surface area contributed by atoms with Crippen LogP contribution in [0.2, 0.25) is 0 Å². The van der Waals surface area contributed by atoms with Crippen molar-refractivity contribution < 1.29 is 21.6 Å². The first-order valence-electron chi connectivity index (χ1n) is 7.30. The molecule has 0 unspecified atom stereocenters. The summed E-state index contributed by atoms with van der Waals surface area (Å²) in [6.07, 6.45) is 0. The summed E-state index contributed by atoms with van der Waals surface area (Å²) in [6.45, 7) is 1.72. The number of urea groups is 1. The summed E-state index contributed by atoms with van der Waals surface area (Å²) in [5, 5.41) is 15.3. The second kappa shape index (κ2) is 7.41. The molecule has 11 heteroatoms. The van der Waals surface area contributed by atoms with Crippen LogP contribution in [0, 0.1) is 0 Å². The largest absolute Gasteiger partial charge is 0.331 e. The summed E-state index contributed by atoms with van der Waals surface area (Å²) in [5.74, 6) is 0. The van der Waals surface area contributed by atoms with Crippen LogP contribution in [0.5, 0.6) is 0 Å². The number of sulfonamides is 2. The average Bonchev–Trinajstić information content (AvgIpc) is 2.53. The van der Waals surface area contributed by atoms with Gasteiger partial charge in [0.1, 0.15) is 0 Å². The Kier molecular flexibility index (Phi) is 5.66. The Morgan fingerprint density at radius 3 is 1.69 bits per heavy atom. The van der Waals surface area contributed by atoms with Gasteiger partial charge in [-0.05, 0) is 48.9 Å². The monoisotopic (exact) mass is 398 g/mol. The molecule has 0 heterocycles. The van der Waals surface area contributed by atoms with Crippen LogP contribution >= 0.6 is 0 Å². The molecule has 0 fully saturated rings. The minimum Gasteiger partial charge on any atom is -0.331 e. The predicted molar refractivity (Wildman–Crippen MR) is 96.2 cm³/mol. The minimum atomic E-state index is -3.80. The van der Waals surface area contributed by atoms with Gasteiger partial charge in [0.25, 0.3) is 0 Å². The van der Waals surface area contributed by atoms with E-state index in [1.165, 1.54) is 36.4 Å². The molecular formula is C15H18N4O5S2. The molecule has 0 spiro atoms. The first kappa shape index (κ1) is 19.8. The zero-order valence-corrected chi connectivity index (χ0v) is 15.3. The smallest absolute Gasteiger partial charge is 0.319 e. The fourth-order valence-corrected chi connectivity index (χ4v) is 3.15. The van der Waals surface area contributed by atoms with Crippen LogP contribution in [-0.2, 0) is 20.0 Å². The highest BCUT2D eigenvalue weighted by molar-refractivity contribution is 7.89. The molecule has 0 aliphatic heterocycles. The maximum Gasteiger partial charge on any atom is 0.319 e. The standard InChI is InChI=1S/C15H18N4O5S2/c1-10(11-2-6-13(7-3-11)25(16,21)22)18-15(20)19-12-4-8-14(9-5-12)26(17,23)24/h2-10H,1H3,(H2,16,21,22)(H2,17,23,24)(H2,18,19,20)/t10-/m0/s1. The maximum absolute atomic E-state index is 12.0. The lowest BCUT2D eigenvalue weighted by Gasteiger charge is -2.15. The Balaban J connectivity index is 2.01. The van der Waals surface area contributed by atoms with E-state index in [4.69, 9.17) is 10.3 Å². The van der Waals surface area contributed by atoms with Gasteiger partial charge in [-0.25, -0.2) is 31.9 Å². The fraction of sp³-hybridized carbons (Fsp3) is 0.133. The van der Waals surface area contributed by atoms with Crippen LogP contribution < -0.4 is 20.9 Å². The molecule has 1 atom stereocenters. The van der Waals surface area contributed by atoms with Crippen molar-refractivity contribution in [1.29, 1.82) is 0 Å². The Bertz CT molecular complexity index is 1000. The lowest BCUT2D eigenvalue weighted by atomic mass is 10.1. The Labute approximate surface area is 151 Å². The average molecular weight is 398 g/mol. The highest BCUT2D eigenvalue weighted by atomic mass is 32.2. The number of amides is 2. The molecule has 6 N–H and O–H groups in total. The minimum absolute atomic E-state index is 0.0205. The second-order valence-electron chi connectivity index (χ2n) is 5.50. The van der Waals surface area contributed by atoms with Gasteiger partial charge in [-0.3, -0.25) is 0 Å². The Morgan fingerprint density at radius 1 is 0.846 bits per heavy atom. The van der Waals surface area contributed by atoms with E-state index >= 15 is 0 Å². The van der Waals surface area contributed by atoms with E-state index < -0.39 is 32.1 Å². The Morgan fingerprint density at radius 2 is 1.27 bits per heavy atom. The summed E-state index contributed by atoms with van der Waals surface area (Å²) in [6, 6.07) is 10.2. The van der Waals surface area contributed by atoms with Crippen molar-refractivity contribution in [2.75, 3.05) is 5.32 Å². The molecule has 0 aromatic heterocycles. The molecule has 9 nitrogen and oxygen atoms in total. The predicted octanol–water partition coefficient (Wildman–Crippen LogP) is 0.864. The number of carbonyl (C=O) groups is 1. The summed E-state index contributed by atoms with van der Waals surface area (Å²) in [4.78, 5) is 11.9. The van der Waals surface area contributed by atoms with Crippen molar-refractivity contribution in [3.63, 3.8) is 0 Å². The SMILES string of the molecule is C[C@H](NC(=O)Nc1ccc(S(N)(=O)=O)cc1)c1ccc(S(N)(=O)=O)cc1. The molecule has 2 rings (SSSR count). The Hall–Kier alpha value is -2.47. The number of rotatable bonds is 5. The zero-order valence-electron chi connectivity index (χ0n) is 13.7. The van der Waals surface area contributed by atoms with Crippen LogP contribution in [0.1, 0.15) is 18.5 Å². The summed E-state index contributed by atoms with van der Waals surface area (Å²) < 4.78 is 44.8. The van der Waals surface area contributed by atoms with E-state index in [-0.39, 0.29) is 9.79 Å². The summed E-state index contributed by atoms with van der Waals surface area (Å²) in [7, 11) is -7.57. The number of benzene rings is 2. The maximum atomic E-state index is 12.0. The van der Waals surface area contributed by atoms with Crippen molar-refractivity contribution in [3.8, 4) is 0 Å². The fourth-order valence-electron chi connectivity index (χ4n) is 2.12. The van der Waals surface area contributed by atoms with Crippen molar-refractivity contribution in [3.05, 3.63) is 54.1 Å². The van der Waals surface area contributed by atoms with Gasteiger partial charge in [0.15, 0.2) is 0 Å². The lowest BCUT2D eigenvalue weighted by molar-refractivity contribution is 0.249. The number of anilines is 1. The highest BCUT2D eigenvalue weighted by Gasteiger charge is 2.13. The number of carbonyl (C=O) groups excluding carboxylic acids is 1. The van der Waals surface area contributed by atoms with Crippen molar-refractivity contribution in [2.24, 2.45) is 10.3 Å². The molecule has 2 aromatic carbocycles. The van der Waals surface area contributed by atoms with Gasteiger partial charge < -0.3 is 10.6 Å². The van der Waals surface area contributed by atoms with Crippen LogP contribution in [0.4, 0.5) is 10.5 Å². The van der Waals surface area contributed by atoms with Crippen molar-refractivity contribution in [1.82, 2.24) is 5.32 Å². The first-order chi connectivity index (χ1) is 12.0. The van der Waals surface area contributed by atoms with E-state index in [0.29, 0.717) is 11.3 Å². The van der Waals surface area contributed by atoms with Gasteiger partial charge in [0.05, 0.1) is 15.8 Å². The second-order valence-corrected chi connectivity index (χ2v) is 8.63. The number of hydrogen-bond acceptors (Lipinski definition) is 5. The van der Waals surface area contributed by atoms with E-state index in [2.05, 4.69) is 10.6 Å². The number of nitrogens with two attached hydrogens (primary N) is 2. The molecule has 0 aliphatic rings. The summed E-state index contributed by atoms with van der Waals surface area (Å²) >= 11 is 0. The normalized spacial score (nSPS) is 13.0. The van der Waals surface area contributed by atoms with Gasteiger partial charge in [-0.15, -0.1) is 0 Å². The third-order valence-corrected chi connectivity index (χ3v) is 5.36. The highest BCUT2D eigenvalue weighted by Crippen LogP contribution is 2.16. The van der Waals surface area contributed by atoms with Crippen LogP contribution in [0.15, 0.2) is 58.3 Å². The lowest BCUT2D eigenvalue weighted by Crippen LogP contribution is -2.31. The molecule has 140 valence electrons. The molecule has 2 amide bonds. The van der Waals surface area contributed by atoms with E-state index in [1.807, 2.05) is 0 Å². The quantitative estimate of drug-likeness (QED) is 0.586. The number of primary sulfonamides is 2. The molecule has 0 saturated heterocycles.